The molecular weight excluding hydrogens is 707 g/mol. The first kappa shape index (κ1) is 37.2. The number of aromatic nitrogens is 6. The number of rotatable bonds is 4. The Hall–Kier alpha value is -5.42. The highest BCUT2D eigenvalue weighted by molar-refractivity contribution is 5.85. The van der Waals surface area contributed by atoms with Crippen LogP contribution in [0, 0.1) is 6.92 Å². The van der Waals surface area contributed by atoms with Crippen LogP contribution < -0.4 is 20.4 Å². The molecule has 0 radical (unpaired) electrons. The number of piperidine rings is 2. The standard InChI is InChI=1S/C46H57N11/c1-31-11-14-39(34(4)49-31)41-15-13-38(29-47-41)54-20-17-36(18-21-54)55-22-24-56(25-23-55)37-12-16-42-45(28-37)57-19-9-7-6-8-10-44-40(30-48-53(44)5)43-27-35(26-32(2)50-43)33(3)51-46(57)52-42/h12-13,15-16,26-30,36,39,49H,1,3-4,6-11,14,17-25H2,2,5H3,(H,51,52). The maximum atomic E-state index is 5.13. The first-order valence-electron chi connectivity index (χ1n) is 21.1. The Balaban J connectivity index is 0.850. The Morgan fingerprint density at radius 2 is 1.53 bits per heavy atom. The summed E-state index contributed by atoms with van der Waals surface area (Å²) < 4.78 is 4.39. The van der Waals surface area contributed by atoms with Crippen LogP contribution in [0.4, 0.5) is 17.3 Å². The molecule has 2 bridgehead atoms. The average Bonchev–Trinajstić information content (AvgIpc) is 3.77. The highest BCUT2D eigenvalue weighted by Crippen LogP contribution is 2.34. The highest BCUT2D eigenvalue weighted by atomic mass is 15.3. The van der Waals surface area contributed by atoms with Gasteiger partial charge >= 0.3 is 0 Å². The summed E-state index contributed by atoms with van der Waals surface area (Å²) in [6.07, 6.45) is 13.9. The largest absolute Gasteiger partial charge is 0.370 e. The molecule has 11 nitrogen and oxygen atoms in total. The molecule has 1 atom stereocenters. The van der Waals surface area contributed by atoms with Gasteiger partial charge in [0.15, 0.2) is 0 Å². The van der Waals surface area contributed by atoms with Crippen molar-refractivity contribution in [1.82, 2.24) is 39.5 Å². The van der Waals surface area contributed by atoms with Gasteiger partial charge in [-0.1, -0.05) is 32.6 Å². The van der Waals surface area contributed by atoms with Gasteiger partial charge in [0, 0.05) is 116 Å². The molecular formula is C46H57N11. The molecule has 5 aromatic rings. The van der Waals surface area contributed by atoms with Crippen molar-refractivity contribution in [3.8, 4) is 11.3 Å². The minimum Gasteiger partial charge on any atom is -0.370 e. The number of hydrogen-bond donors (Lipinski definition) is 2. The third-order valence-electron chi connectivity index (χ3n) is 12.8. The molecule has 0 spiro atoms. The number of anilines is 3. The Labute approximate surface area is 337 Å². The van der Waals surface area contributed by atoms with E-state index in [1.807, 2.05) is 17.9 Å². The molecule has 4 aliphatic rings. The molecule has 0 amide bonds. The van der Waals surface area contributed by atoms with Gasteiger partial charge in [0.25, 0.3) is 0 Å². The third kappa shape index (κ3) is 7.69. The molecule has 57 heavy (non-hydrogen) atoms. The smallest absolute Gasteiger partial charge is 0.208 e. The lowest BCUT2D eigenvalue weighted by molar-refractivity contribution is 0.160. The number of aryl methyl sites for hydroxylation is 3. The zero-order valence-electron chi connectivity index (χ0n) is 33.8. The second kappa shape index (κ2) is 15.8. The molecule has 2 N–H and O–H groups in total. The molecule has 8 heterocycles. The Morgan fingerprint density at radius 3 is 2.32 bits per heavy atom. The summed E-state index contributed by atoms with van der Waals surface area (Å²) in [7, 11) is 2.04. The summed E-state index contributed by atoms with van der Waals surface area (Å²) in [5.74, 6) is 1.10. The summed E-state index contributed by atoms with van der Waals surface area (Å²) >= 11 is 0. The van der Waals surface area contributed by atoms with E-state index in [0.717, 1.165) is 141 Å². The number of allylic oxidation sites excluding steroid dienone is 2. The van der Waals surface area contributed by atoms with Gasteiger partial charge in [0.05, 0.1) is 34.8 Å². The maximum absolute atomic E-state index is 5.13. The number of pyridine rings is 2. The average molecular weight is 764 g/mol. The number of nitrogens with zero attached hydrogens (tertiary/aromatic N) is 9. The van der Waals surface area contributed by atoms with Crippen LogP contribution in [0.2, 0.25) is 0 Å². The van der Waals surface area contributed by atoms with Gasteiger partial charge in [-0.05, 0) is 94.3 Å². The molecule has 3 saturated heterocycles. The fraction of sp³-hybridized carbons (Fsp3) is 0.435. The van der Waals surface area contributed by atoms with Crippen LogP contribution in [0.5, 0.6) is 0 Å². The minimum atomic E-state index is 0.255. The van der Waals surface area contributed by atoms with E-state index in [-0.39, 0.29) is 5.92 Å². The predicted octanol–water partition coefficient (Wildman–Crippen LogP) is 8.02. The number of piperazine rings is 1. The van der Waals surface area contributed by atoms with Gasteiger partial charge in [-0.3, -0.25) is 19.5 Å². The molecule has 0 saturated carbocycles. The van der Waals surface area contributed by atoms with Crippen LogP contribution in [0.3, 0.4) is 0 Å². The van der Waals surface area contributed by atoms with Crippen molar-refractivity contribution < 1.29 is 0 Å². The molecule has 9 rings (SSSR count). The van der Waals surface area contributed by atoms with Crippen molar-refractivity contribution in [2.75, 3.05) is 54.4 Å². The van der Waals surface area contributed by atoms with E-state index in [1.54, 1.807) is 0 Å². The van der Waals surface area contributed by atoms with Crippen molar-refractivity contribution in [3.63, 3.8) is 0 Å². The van der Waals surface area contributed by atoms with E-state index in [4.69, 9.17) is 15.0 Å². The Kier molecular flexibility index (Phi) is 10.3. The molecule has 4 aromatic heterocycles. The second-order valence-electron chi connectivity index (χ2n) is 16.6. The van der Waals surface area contributed by atoms with Crippen molar-refractivity contribution in [1.29, 1.82) is 0 Å². The van der Waals surface area contributed by atoms with Gasteiger partial charge in [-0.25, -0.2) is 4.98 Å². The normalized spacial score (nSPS) is 20.4. The second-order valence-corrected chi connectivity index (χ2v) is 16.6. The van der Waals surface area contributed by atoms with Crippen LogP contribution in [0.25, 0.3) is 28.0 Å². The van der Waals surface area contributed by atoms with Crippen LogP contribution in [0.1, 0.15) is 79.9 Å². The zero-order valence-corrected chi connectivity index (χ0v) is 33.8. The molecule has 1 aromatic carbocycles. The molecule has 3 fully saturated rings. The van der Waals surface area contributed by atoms with Gasteiger partial charge < -0.3 is 25.0 Å². The molecule has 4 aliphatic heterocycles. The SMILES string of the molecule is C=C1CCC(c2ccc(N3CCC(N4CCN(c5ccc6nc7n(c6c5)CCCCCCc5c(cnn5C)-c5cc(cc(C)n5)C(=C)N7)CC4)CC3)cn2)C(=C)N1. The number of nitrogens with one attached hydrogen (secondary N) is 2. The van der Waals surface area contributed by atoms with Gasteiger partial charge in [0.1, 0.15) is 0 Å². The first-order valence-corrected chi connectivity index (χ1v) is 21.1. The van der Waals surface area contributed by atoms with E-state index in [1.165, 1.54) is 41.8 Å². The predicted molar refractivity (Wildman–Crippen MR) is 232 cm³/mol. The number of imidazole rings is 1. The number of fused-ring (bicyclic) bond motifs is 7. The van der Waals surface area contributed by atoms with Crippen molar-refractivity contribution >= 4 is 34.1 Å². The van der Waals surface area contributed by atoms with Crippen LogP contribution in [-0.4, -0.2) is 79.5 Å². The molecule has 11 heteroatoms. The lowest BCUT2D eigenvalue weighted by Crippen LogP contribution is -2.53. The van der Waals surface area contributed by atoms with E-state index in [0.29, 0.717) is 6.04 Å². The summed E-state index contributed by atoms with van der Waals surface area (Å²) in [4.78, 5) is 22.7. The maximum Gasteiger partial charge on any atom is 0.208 e. The zero-order chi connectivity index (χ0) is 39.0. The monoisotopic (exact) mass is 763 g/mol. The molecule has 1 unspecified atom stereocenters. The molecule has 296 valence electrons. The lowest BCUT2D eigenvalue weighted by atomic mass is 9.91. The van der Waals surface area contributed by atoms with Crippen molar-refractivity contribution in [2.45, 2.75) is 83.2 Å². The van der Waals surface area contributed by atoms with E-state index in [9.17, 15) is 0 Å². The van der Waals surface area contributed by atoms with Crippen molar-refractivity contribution in [3.05, 3.63) is 109 Å². The van der Waals surface area contributed by atoms with Crippen LogP contribution >= 0.6 is 0 Å². The van der Waals surface area contributed by atoms with E-state index >= 15 is 0 Å². The fourth-order valence-corrected chi connectivity index (χ4v) is 9.53. The molecule has 0 aliphatic carbocycles. The Morgan fingerprint density at radius 1 is 0.737 bits per heavy atom. The number of hydrogen-bond acceptors (Lipinski definition) is 9. The number of benzene rings is 1. The minimum absolute atomic E-state index is 0.255. The fourth-order valence-electron chi connectivity index (χ4n) is 9.53. The summed E-state index contributed by atoms with van der Waals surface area (Å²) in [6.45, 7) is 22.1. The van der Waals surface area contributed by atoms with E-state index < -0.39 is 0 Å². The summed E-state index contributed by atoms with van der Waals surface area (Å²) in [5, 5.41) is 11.6. The topological polar surface area (TPSA) is 95.2 Å². The first-order chi connectivity index (χ1) is 27.8. The van der Waals surface area contributed by atoms with E-state index in [2.05, 4.69) is 110 Å². The van der Waals surface area contributed by atoms with Gasteiger partial charge in [-0.2, -0.15) is 5.10 Å². The van der Waals surface area contributed by atoms with Crippen molar-refractivity contribution in [2.24, 2.45) is 7.05 Å². The highest BCUT2D eigenvalue weighted by Gasteiger charge is 2.29. The van der Waals surface area contributed by atoms with Crippen LogP contribution in [0.15, 0.2) is 86.0 Å². The van der Waals surface area contributed by atoms with Gasteiger partial charge in [-0.15, -0.1) is 0 Å². The Bertz CT molecular complexity index is 2280. The summed E-state index contributed by atoms with van der Waals surface area (Å²) in [6, 6.07) is 16.2. The summed E-state index contributed by atoms with van der Waals surface area (Å²) in [5.41, 5.74) is 14.0. The quantitative estimate of drug-likeness (QED) is 0.189. The van der Waals surface area contributed by atoms with Gasteiger partial charge in [0.2, 0.25) is 5.95 Å². The lowest BCUT2D eigenvalue weighted by Gasteiger charge is -2.43. The van der Waals surface area contributed by atoms with Crippen LogP contribution in [-0.2, 0) is 20.0 Å². The third-order valence-corrected chi connectivity index (χ3v) is 12.8.